The van der Waals surface area contributed by atoms with Crippen LogP contribution in [-0.2, 0) is 16.0 Å². The number of nitrogens with one attached hydrogen (secondary N) is 1. The Morgan fingerprint density at radius 1 is 1.33 bits per heavy atom. The van der Waals surface area contributed by atoms with Crippen LogP contribution in [0.4, 0.5) is 5.69 Å². The molecule has 2 amide bonds. The smallest absolute Gasteiger partial charge is 0.277 e. The number of amides is 2. The van der Waals surface area contributed by atoms with Gasteiger partial charge in [0.1, 0.15) is 11.2 Å². The molecule has 0 radical (unpaired) electrons. The van der Waals surface area contributed by atoms with Gasteiger partial charge in [0.05, 0.1) is 13.2 Å². The van der Waals surface area contributed by atoms with Crippen molar-refractivity contribution in [1.29, 1.82) is 0 Å². The molecule has 0 spiro atoms. The van der Waals surface area contributed by atoms with Crippen molar-refractivity contribution in [3.8, 4) is 0 Å². The Morgan fingerprint density at radius 3 is 2.92 bits per heavy atom. The van der Waals surface area contributed by atoms with Crippen LogP contribution >= 0.6 is 0 Å². The average Bonchev–Trinajstić information content (AvgIpc) is 3.08. The fourth-order valence-corrected chi connectivity index (χ4v) is 2.55. The summed E-state index contributed by atoms with van der Waals surface area (Å²) in [6.07, 6.45) is 4.11. The van der Waals surface area contributed by atoms with Gasteiger partial charge in [-0.25, -0.2) is 4.98 Å². The second kappa shape index (κ2) is 6.84. The van der Waals surface area contributed by atoms with Gasteiger partial charge in [-0.2, -0.15) is 0 Å². The van der Waals surface area contributed by atoms with Crippen LogP contribution in [-0.4, -0.2) is 40.0 Å². The number of carbonyl (C=O) groups is 2. The van der Waals surface area contributed by atoms with E-state index in [0.29, 0.717) is 17.2 Å². The predicted molar refractivity (Wildman–Crippen MR) is 88.1 cm³/mol. The molecule has 2 N–H and O–H groups in total. The molecule has 0 unspecified atom stereocenters. The van der Waals surface area contributed by atoms with Gasteiger partial charge in [0.2, 0.25) is 0 Å². The highest BCUT2D eigenvalue weighted by Gasteiger charge is 2.30. The van der Waals surface area contributed by atoms with Crippen LogP contribution in [0.2, 0.25) is 0 Å². The van der Waals surface area contributed by atoms with Crippen LogP contribution in [0, 0.1) is 0 Å². The molecule has 1 aromatic heterocycles. The zero-order valence-electron chi connectivity index (χ0n) is 13.4. The summed E-state index contributed by atoms with van der Waals surface area (Å²) in [6.45, 7) is 1.84. The van der Waals surface area contributed by atoms with Gasteiger partial charge in [-0.15, -0.1) is 0 Å². The first kappa shape index (κ1) is 16.2. The molecule has 24 heavy (non-hydrogen) atoms. The molecular formula is C17H19N3O4. The minimum absolute atomic E-state index is 0.0126. The van der Waals surface area contributed by atoms with Crippen molar-refractivity contribution in [2.45, 2.75) is 26.2 Å². The van der Waals surface area contributed by atoms with Crippen LogP contribution in [0.25, 0.3) is 11.1 Å². The molecule has 1 aromatic carbocycles. The molecule has 7 heteroatoms. The highest BCUT2D eigenvalue weighted by Crippen LogP contribution is 2.23. The molecule has 7 nitrogen and oxygen atoms in total. The summed E-state index contributed by atoms with van der Waals surface area (Å²) in [4.78, 5) is 29.3. The van der Waals surface area contributed by atoms with Crippen molar-refractivity contribution in [2.24, 2.45) is 0 Å². The van der Waals surface area contributed by atoms with Gasteiger partial charge in [-0.05, 0) is 18.6 Å². The van der Waals surface area contributed by atoms with E-state index in [4.69, 9.17) is 9.52 Å². The number of hydrogen-bond donors (Lipinski definition) is 2. The largest absolute Gasteiger partial charge is 0.441 e. The summed E-state index contributed by atoms with van der Waals surface area (Å²) in [7, 11) is 0. The number of aliphatic hydroxyl groups excluding tert-OH is 1. The standard InChI is InChI=1S/C17H19N3O4/c1-2-3-4-15-19-12-6-5-11(9-14(12)24-15)18-13-10-16(22)20(7-8-21)17(13)23/h5-6,9-10,18,21H,2-4,7-8H2,1H3. The summed E-state index contributed by atoms with van der Waals surface area (Å²) < 4.78 is 5.72. The maximum absolute atomic E-state index is 12.1. The fourth-order valence-electron chi connectivity index (χ4n) is 2.55. The number of β-amino-alcohol motifs (C(OH)–C–C–N with tert-alkyl or cyclic N) is 1. The maximum atomic E-state index is 12.1. The van der Waals surface area contributed by atoms with Crippen molar-refractivity contribution in [3.63, 3.8) is 0 Å². The number of unbranched alkanes of at least 4 members (excludes halogenated alkanes) is 1. The first-order valence-corrected chi connectivity index (χ1v) is 7.97. The predicted octanol–water partition coefficient (Wildman–Crippen LogP) is 1.83. The molecule has 0 bridgehead atoms. The highest BCUT2D eigenvalue weighted by molar-refractivity contribution is 6.17. The molecule has 0 atom stereocenters. The minimum atomic E-state index is -0.449. The van der Waals surface area contributed by atoms with Crippen LogP contribution in [0.5, 0.6) is 0 Å². The number of hydrogen-bond acceptors (Lipinski definition) is 6. The third-order valence-electron chi connectivity index (χ3n) is 3.79. The normalized spacial score (nSPS) is 14.6. The van der Waals surface area contributed by atoms with Crippen molar-refractivity contribution in [2.75, 3.05) is 18.5 Å². The third kappa shape index (κ3) is 3.16. The summed E-state index contributed by atoms with van der Waals surface area (Å²) in [6, 6.07) is 5.34. The van der Waals surface area contributed by atoms with E-state index in [1.54, 1.807) is 12.1 Å². The summed E-state index contributed by atoms with van der Waals surface area (Å²) in [5.74, 6) is -0.182. The lowest BCUT2D eigenvalue weighted by atomic mass is 10.2. The Morgan fingerprint density at radius 2 is 2.17 bits per heavy atom. The Hall–Kier alpha value is -2.67. The number of aliphatic hydroxyl groups is 1. The maximum Gasteiger partial charge on any atom is 0.277 e. The van der Waals surface area contributed by atoms with Gasteiger partial charge in [0.15, 0.2) is 11.5 Å². The number of aryl methyl sites for hydroxylation is 1. The number of imide groups is 1. The lowest BCUT2D eigenvalue weighted by molar-refractivity contribution is -0.137. The fraction of sp³-hybridized carbons (Fsp3) is 0.353. The molecule has 0 saturated heterocycles. The first-order chi connectivity index (χ1) is 11.6. The van der Waals surface area contributed by atoms with E-state index in [2.05, 4.69) is 17.2 Å². The minimum Gasteiger partial charge on any atom is -0.441 e. The topological polar surface area (TPSA) is 95.7 Å². The number of nitrogens with zero attached hydrogens (tertiary/aromatic N) is 2. The number of anilines is 1. The van der Waals surface area contributed by atoms with Gasteiger partial charge in [-0.1, -0.05) is 13.3 Å². The Balaban J connectivity index is 1.77. The molecule has 0 aliphatic carbocycles. The second-order valence-corrected chi connectivity index (χ2v) is 5.60. The lowest BCUT2D eigenvalue weighted by Gasteiger charge is -2.13. The van der Waals surface area contributed by atoms with Gasteiger partial charge in [0, 0.05) is 24.3 Å². The molecule has 1 aliphatic rings. The van der Waals surface area contributed by atoms with Gasteiger partial charge in [0.25, 0.3) is 11.8 Å². The van der Waals surface area contributed by atoms with E-state index < -0.39 is 11.8 Å². The summed E-state index contributed by atoms with van der Waals surface area (Å²) in [5.41, 5.74) is 2.21. The summed E-state index contributed by atoms with van der Waals surface area (Å²) >= 11 is 0. The van der Waals surface area contributed by atoms with E-state index in [9.17, 15) is 9.59 Å². The second-order valence-electron chi connectivity index (χ2n) is 5.60. The van der Waals surface area contributed by atoms with Crippen molar-refractivity contribution in [3.05, 3.63) is 35.9 Å². The highest BCUT2D eigenvalue weighted by atomic mass is 16.3. The average molecular weight is 329 g/mol. The van der Waals surface area contributed by atoms with Crippen LogP contribution in [0.3, 0.4) is 0 Å². The Kier molecular flexibility index (Phi) is 4.61. The van der Waals surface area contributed by atoms with Crippen molar-refractivity contribution < 1.29 is 19.1 Å². The number of carbonyl (C=O) groups excluding carboxylic acids is 2. The zero-order valence-corrected chi connectivity index (χ0v) is 13.4. The number of benzene rings is 1. The monoisotopic (exact) mass is 329 g/mol. The third-order valence-corrected chi connectivity index (χ3v) is 3.79. The van der Waals surface area contributed by atoms with Crippen LogP contribution in [0.1, 0.15) is 25.7 Å². The van der Waals surface area contributed by atoms with Gasteiger partial charge in [-0.3, -0.25) is 14.5 Å². The molecule has 0 saturated carbocycles. The number of oxazole rings is 1. The molecule has 2 heterocycles. The number of aromatic nitrogens is 1. The van der Waals surface area contributed by atoms with E-state index in [1.807, 2.05) is 6.07 Å². The van der Waals surface area contributed by atoms with E-state index in [1.165, 1.54) is 6.08 Å². The molecule has 126 valence electrons. The number of fused-ring (bicyclic) bond motifs is 1. The van der Waals surface area contributed by atoms with Crippen molar-refractivity contribution in [1.82, 2.24) is 9.88 Å². The lowest BCUT2D eigenvalue weighted by Crippen LogP contribution is -2.34. The Labute approximate surface area is 139 Å². The van der Waals surface area contributed by atoms with E-state index >= 15 is 0 Å². The van der Waals surface area contributed by atoms with Gasteiger partial charge >= 0.3 is 0 Å². The summed E-state index contributed by atoms with van der Waals surface area (Å²) in [5, 5.41) is 11.8. The number of rotatable bonds is 7. The molecule has 3 rings (SSSR count). The molecule has 1 aliphatic heterocycles. The molecule has 0 fully saturated rings. The van der Waals surface area contributed by atoms with Crippen LogP contribution < -0.4 is 5.32 Å². The molecule has 2 aromatic rings. The first-order valence-electron chi connectivity index (χ1n) is 7.97. The van der Waals surface area contributed by atoms with Crippen molar-refractivity contribution >= 4 is 28.6 Å². The molecular weight excluding hydrogens is 310 g/mol. The SMILES string of the molecule is CCCCc1nc2ccc(NC3=CC(=O)N(CCO)C3=O)cc2o1. The zero-order chi connectivity index (χ0) is 17.1. The quantitative estimate of drug-likeness (QED) is 0.752. The van der Waals surface area contributed by atoms with E-state index in [0.717, 1.165) is 29.7 Å². The van der Waals surface area contributed by atoms with Gasteiger partial charge < -0.3 is 14.8 Å². The van der Waals surface area contributed by atoms with Crippen LogP contribution in [0.15, 0.2) is 34.4 Å². The van der Waals surface area contributed by atoms with E-state index in [-0.39, 0.29) is 18.8 Å². The Bertz CT molecular complexity index is 809.